The Hall–Kier alpha value is -1.97. The Kier molecular flexibility index (Phi) is 5.59. The maximum Gasteiger partial charge on any atom is 0.263 e. The van der Waals surface area contributed by atoms with E-state index in [9.17, 15) is 16.8 Å². The van der Waals surface area contributed by atoms with E-state index in [1.807, 2.05) is 0 Å². The van der Waals surface area contributed by atoms with E-state index in [4.69, 9.17) is 0 Å². The van der Waals surface area contributed by atoms with Crippen molar-refractivity contribution in [1.82, 2.24) is 9.71 Å². The molecule has 1 saturated carbocycles. The summed E-state index contributed by atoms with van der Waals surface area (Å²) in [5, 5.41) is 0. The Morgan fingerprint density at radius 2 is 1.42 bits per heavy atom. The van der Waals surface area contributed by atoms with Crippen molar-refractivity contribution >= 4 is 25.9 Å². The quantitative estimate of drug-likeness (QED) is 0.782. The summed E-state index contributed by atoms with van der Waals surface area (Å²) in [6.07, 6.45) is 6.31. The van der Waals surface area contributed by atoms with Gasteiger partial charge in [-0.25, -0.2) is 26.5 Å². The highest BCUT2D eigenvalue weighted by Crippen LogP contribution is 2.21. The zero-order valence-electron chi connectivity index (χ0n) is 14.1. The van der Waals surface area contributed by atoms with E-state index < -0.39 is 20.0 Å². The summed E-state index contributed by atoms with van der Waals surface area (Å²) in [6.45, 7) is 0. The largest absolute Gasteiger partial charge is 0.263 e. The van der Waals surface area contributed by atoms with E-state index in [-0.39, 0.29) is 21.7 Å². The maximum absolute atomic E-state index is 12.5. The summed E-state index contributed by atoms with van der Waals surface area (Å²) >= 11 is 0. The lowest BCUT2D eigenvalue weighted by Crippen LogP contribution is -2.36. The van der Waals surface area contributed by atoms with Gasteiger partial charge in [0.15, 0.2) is 0 Å². The van der Waals surface area contributed by atoms with Crippen LogP contribution in [0.5, 0.6) is 0 Å². The summed E-state index contributed by atoms with van der Waals surface area (Å²) in [5.74, 6) is 0.197. The Balaban J connectivity index is 1.75. The molecule has 1 aromatic heterocycles. The number of benzene rings is 1. The van der Waals surface area contributed by atoms with Gasteiger partial charge in [0.25, 0.3) is 10.0 Å². The third-order valence-electron chi connectivity index (χ3n) is 4.28. The molecule has 1 aliphatic rings. The second-order valence-electron chi connectivity index (χ2n) is 6.25. The molecule has 9 heteroatoms. The molecule has 0 atom stereocenters. The summed E-state index contributed by atoms with van der Waals surface area (Å²) in [4.78, 5) is 3.94. The molecule has 7 nitrogen and oxygen atoms in total. The molecule has 0 amide bonds. The van der Waals surface area contributed by atoms with Crippen molar-refractivity contribution < 1.29 is 16.8 Å². The molecule has 0 spiro atoms. The smallest absolute Gasteiger partial charge is 0.263 e. The molecule has 0 bridgehead atoms. The van der Waals surface area contributed by atoms with Gasteiger partial charge in [-0.05, 0) is 49.2 Å². The van der Waals surface area contributed by atoms with Crippen molar-refractivity contribution in [2.75, 3.05) is 4.72 Å². The highest BCUT2D eigenvalue weighted by molar-refractivity contribution is 7.92. The second kappa shape index (κ2) is 7.73. The first-order valence-electron chi connectivity index (χ1n) is 8.43. The molecule has 3 rings (SSSR count). The van der Waals surface area contributed by atoms with Crippen molar-refractivity contribution in [2.45, 2.75) is 47.9 Å². The number of aromatic nitrogens is 1. The molecule has 0 aliphatic heterocycles. The molecule has 1 heterocycles. The predicted molar refractivity (Wildman–Crippen MR) is 98.7 cm³/mol. The number of rotatable bonds is 6. The van der Waals surface area contributed by atoms with Crippen LogP contribution in [0.15, 0.2) is 58.5 Å². The normalized spacial score (nSPS) is 16.3. The zero-order valence-corrected chi connectivity index (χ0v) is 15.8. The van der Waals surface area contributed by atoms with E-state index in [0.29, 0.717) is 0 Å². The summed E-state index contributed by atoms with van der Waals surface area (Å²) in [6, 6.07) is 9.99. The van der Waals surface area contributed by atoms with E-state index in [2.05, 4.69) is 14.4 Å². The maximum atomic E-state index is 12.5. The van der Waals surface area contributed by atoms with E-state index in [1.165, 1.54) is 36.5 Å². The molecule has 2 aromatic rings. The van der Waals surface area contributed by atoms with Gasteiger partial charge < -0.3 is 0 Å². The summed E-state index contributed by atoms with van der Waals surface area (Å²) < 4.78 is 54.7. The fourth-order valence-electron chi connectivity index (χ4n) is 2.93. The zero-order chi connectivity index (χ0) is 18.6. The second-order valence-corrected chi connectivity index (χ2v) is 9.64. The average molecular weight is 396 g/mol. The van der Waals surface area contributed by atoms with Crippen LogP contribution in [-0.2, 0) is 20.0 Å². The van der Waals surface area contributed by atoms with Crippen molar-refractivity contribution in [3.8, 4) is 0 Å². The molecular weight excluding hydrogens is 374 g/mol. The number of nitrogens with one attached hydrogen (secondary N) is 2. The van der Waals surface area contributed by atoms with Gasteiger partial charge in [-0.15, -0.1) is 0 Å². The Morgan fingerprint density at radius 1 is 0.808 bits per heavy atom. The molecule has 1 aromatic carbocycles. The molecule has 1 aliphatic carbocycles. The minimum atomic E-state index is -3.83. The van der Waals surface area contributed by atoms with Gasteiger partial charge in [0.1, 0.15) is 5.82 Å². The number of nitrogens with zero attached hydrogens (tertiary/aromatic N) is 1. The number of sulfonamides is 2. The number of pyridine rings is 1. The molecular formula is C17H21N3O4S2. The van der Waals surface area contributed by atoms with Crippen molar-refractivity contribution in [3.05, 3.63) is 48.7 Å². The van der Waals surface area contributed by atoms with Crippen LogP contribution >= 0.6 is 0 Å². The minimum Gasteiger partial charge on any atom is -0.263 e. The average Bonchev–Trinajstić information content (AvgIpc) is 2.63. The highest BCUT2D eigenvalue weighted by atomic mass is 32.2. The molecule has 0 radical (unpaired) electrons. The van der Waals surface area contributed by atoms with Gasteiger partial charge in [-0.1, -0.05) is 25.3 Å². The molecule has 0 unspecified atom stereocenters. The van der Waals surface area contributed by atoms with Gasteiger partial charge in [-0.3, -0.25) is 4.72 Å². The van der Waals surface area contributed by atoms with E-state index in [1.54, 1.807) is 12.1 Å². The van der Waals surface area contributed by atoms with Crippen LogP contribution in [-0.4, -0.2) is 27.9 Å². The van der Waals surface area contributed by atoms with Crippen LogP contribution in [0.2, 0.25) is 0 Å². The lowest BCUT2D eigenvalue weighted by molar-refractivity contribution is 0.412. The highest BCUT2D eigenvalue weighted by Gasteiger charge is 2.23. The first-order valence-corrected chi connectivity index (χ1v) is 11.4. The van der Waals surface area contributed by atoms with Gasteiger partial charge in [-0.2, -0.15) is 0 Å². The molecule has 26 heavy (non-hydrogen) atoms. The number of hydrogen-bond donors (Lipinski definition) is 2. The van der Waals surface area contributed by atoms with Crippen LogP contribution in [0.4, 0.5) is 5.82 Å². The molecule has 0 saturated heterocycles. The first kappa shape index (κ1) is 18.8. The number of anilines is 1. The van der Waals surface area contributed by atoms with Crippen LogP contribution in [0.25, 0.3) is 0 Å². The minimum absolute atomic E-state index is 0.0280. The number of hydrogen-bond acceptors (Lipinski definition) is 5. The van der Waals surface area contributed by atoms with Crippen LogP contribution < -0.4 is 9.44 Å². The topological polar surface area (TPSA) is 105 Å². The predicted octanol–water partition coefficient (Wildman–Crippen LogP) is 2.49. The monoisotopic (exact) mass is 395 g/mol. The summed E-state index contributed by atoms with van der Waals surface area (Å²) in [7, 11) is -7.49. The van der Waals surface area contributed by atoms with Gasteiger partial charge in [0, 0.05) is 12.2 Å². The SMILES string of the molecule is O=S(=O)(Nc1ccccn1)c1ccc(S(=O)(=O)NC2CCCCC2)cc1. The fourth-order valence-corrected chi connectivity index (χ4v) is 5.24. The molecule has 2 N–H and O–H groups in total. The lowest BCUT2D eigenvalue weighted by atomic mass is 9.96. The van der Waals surface area contributed by atoms with Crippen LogP contribution in [0.3, 0.4) is 0 Å². The van der Waals surface area contributed by atoms with Crippen molar-refractivity contribution in [2.24, 2.45) is 0 Å². The van der Waals surface area contributed by atoms with Crippen LogP contribution in [0, 0.1) is 0 Å². The molecule has 140 valence electrons. The third-order valence-corrected chi connectivity index (χ3v) is 7.18. The standard InChI is InChI=1S/C17H21N3O4S2/c21-25(22,19-14-6-2-1-3-7-14)15-9-11-16(12-10-15)26(23,24)20-17-8-4-5-13-18-17/h4-5,8-14,19H,1-3,6-7H2,(H,18,20). The Bertz CT molecular complexity index is 937. The first-order chi connectivity index (χ1) is 12.4. The van der Waals surface area contributed by atoms with Crippen molar-refractivity contribution in [1.29, 1.82) is 0 Å². The molecule has 1 fully saturated rings. The Morgan fingerprint density at radius 3 is 2.00 bits per heavy atom. The summed E-state index contributed by atoms with van der Waals surface area (Å²) in [5.41, 5.74) is 0. The lowest BCUT2D eigenvalue weighted by Gasteiger charge is -2.22. The Labute approximate surface area is 154 Å². The van der Waals surface area contributed by atoms with E-state index >= 15 is 0 Å². The van der Waals surface area contributed by atoms with Crippen molar-refractivity contribution in [3.63, 3.8) is 0 Å². The third kappa shape index (κ3) is 4.60. The van der Waals surface area contributed by atoms with E-state index in [0.717, 1.165) is 32.1 Å². The van der Waals surface area contributed by atoms with Gasteiger partial charge in [0.05, 0.1) is 9.79 Å². The van der Waals surface area contributed by atoms with Gasteiger partial charge >= 0.3 is 0 Å². The fraction of sp³-hybridized carbons (Fsp3) is 0.353. The van der Waals surface area contributed by atoms with Crippen LogP contribution in [0.1, 0.15) is 32.1 Å². The van der Waals surface area contributed by atoms with Gasteiger partial charge in [0.2, 0.25) is 10.0 Å².